The lowest BCUT2D eigenvalue weighted by Gasteiger charge is -2.27. The van der Waals surface area contributed by atoms with Crippen LogP contribution in [0.2, 0.25) is 0 Å². The number of rotatable bonds is 8. The molecular weight excluding hydrogens is 429 g/mol. The lowest BCUT2D eigenvalue weighted by atomic mass is 10.2. The van der Waals surface area contributed by atoms with Crippen molar-refractivity contribution in [3.63, 3.8) is 0 Å². The Bertz CT molecular complexity index is 1030. The van der Waals surface area contributed by atoms with Crippen molar-refractivity contribution in [3.8, 4) is 17.0 Å². The summed E-state index contributed by atoms with van der Waals surface area (Å²) in [5.41, 5.74) is 2.05. The van der Waals surface area contributed by atoms with Crippen molar-refractivity contribution < 1.29 is 18.7 Å². The minimum absolute atomic E-state index is 0.248. The smallest absolute Gasteiger partial charge is 0.260 e. The van der Waals surface area contributed by atoms with E-state index in [0.717, 1.165) is 56.3 Å². The van der Waals surface area contributed by atoms with Gasteiger partial charge < -0.3 is 9.47 Å². The molecule has 32 heavy (non-hydrogen) atoms. The molecule has 1 amide bonds. The normalized spacial score (nSPS) is 14.3. The maximum absolute atomic E-state index is 13.8. The summed E-state index contributed by atoms with van der Waals surface area (Å²) in [7, 11) is 1.63. The van der Waals surface area contributed by atoms with Gasteiger partial charge in [0.25, 0.3) is 5.91 Å². The zero-order valence-corrected chi connectivity index (χ0v) is 18.8. The number of amides is 1. The van der Waals surface area contributed by atoms with Crippen LogP contribution in [-0.4, -0.2) is 62.3 Å². The molecule has 0 N–H and O–H groups in total. The van der Waals surface area contributed by atoms with E-state index in [1.807, 2.05) is 29.6 Å². The largest absolute Gasteiger partial charge is 0.497 e. The van der Waals surface area contributed by atoms with Crippen molar-refractivity contribution in [2.75, 3.05) is 51.4 Å². The van der Waals surface area contributed by atoms with Crippen molar-refractivity contribution in [1.82, 2.24) is 9.88 Å². The molecule has 1 saturated heterocycles. The van der Waals surface area contributed by atoms with E-state index in [4.69, 9.17) is 14.5 Å². The lowest BCUT2D eigenvalue weighted by molar-refractivity contribution is 0.0376. The van der Waals surface area contributed by atoms with Crippen LogP contribution in [0.15, 0.2) is 53.9 Å². The summed E-state index contributed by atoms with van der Waals surface area (Å²) >= 11 is 1.41. The van der Waals surface area contributed by atoms with Crippen LogP contribution < -0.4 is 9.64 Å². The number of hydrogen-bond acceptors (Lipinski definition) is 6. The number of carbonyl (C=O) groups is 1. The van der Waals surface area contributed by atoms with E-state index >= 15 is 0 Å². The number of ether oxygens (including phenoxy) is 2. The van der Waals surface area contributed by atoms with Crippen molar-refractivity contribution in [2.45, 2.75) is 6.42 Å². The minimum atomic E-state index is -0.429. The number of anilines is 1. The van der Waals surface area contributed by atoms with Crippen LogP contribution in [0.4, 0.5) is 9.52 Å². The first-order valence-corrected chi connectivity index (χ1v) is 11.5. The Balaban J connectivity index is 1.53. The Labute approximate surface area is 191 Å². The third kappa shape index (κ3) is 5.51. The second kappa shape index (κ2) is 10.7. The highest BCUT2D eigenvalue weighted by molar-refractivity contribution is 7.14. The molecule has 1 aromatic heterocycles. The van der Waals surface area contributed by atoms with Gasteiger partial charge in [-0.25, -0.2) is 9.37 Å². The fourth-order valence-electron chi connectivity index (χ4n) is 3.62. The van der Waals surface area contributed by atoms with Gasteiger partial charge in [0.1, 0.15) is 11.6 Å². The molecule has 6 nitrogen and oxygen atoms in total. The van der Waals surface area contributed by atoms with Crippen molar-refractivity contribution in [2.24, 2.45) is 0 Å². The van der Waals surface area contributed by atoms with E-state index < -0.39 is 5.82 Å². The molecule has 0 unspecified atom stereocenters. The molecule has 0 spiro atoms. The second-order valence-electron chi connectivity index (χ2n) is 7.52. The molecule has 4 rings (SSSR count). The van der Waals surface area contributed by atoms with E-state index in [1.165, 1.54) is 23.5 Å². The lowest BCUT2D eigenvalue weighted by Crippen LogP contribution is -2.39. The van der Waals surface area contributed by atoms with Crippen LogP contribution in [0, 0.1) is 5.82 Å². The third-order valence-corrected chi connectivity index (χ3v) is 6.25. The first-order chi connectivity index (χ1) is 15.6. The molecule has 3 aromatic rings. The molecule has 0 aliphatic carbocycles. The monoisotopic (exact) mass is 455 g/mol. The third-order valence-electron chi connectivity index (χ3n) is 5.39. The number of benzene rings is 2. The number of halogens is 1. The molecule has 0 atom stereocenters. The maximum Gasteiger partial charge on any atom is 0.260 e. The van der Waals surface area contributed by atoms with Crippen molar-refractivity contribution in [3.05, 3.63) is 65.3 Å². The number of nitrogens with zero attached hydrogens (tertiary/aromatic N) is 3. The molecule has 0 bridgehead atoms. The van der Waals surface area contributed by atoms with Gasteiger partial charge in [0, 0.05) is 42.7 Å². The van der Waals surface area contributed by atoms with Crippen LogP contribution in [0.25, 0.3) is 11.3 Å². The van der Waals surface area contributed by atoms with Gasteiger partial charge in [-0.3, -0.25) is 14.6 Å². The number of aromatic nitrogens is 1. The van der Waals surface area contributed by atoms with Gasteiger partial charge in [0.15, 0.2) is 5.13 Å². The predicted octanol–water partition coefficient (Wildman–Crippen LogP) is 4.33. The second-order valence-corrected chi connectivity index (χ2v) is 8.36. The summed E-state index contributed by atoms with van der Waals surface area (Å²) in [4.78, 5) is 22.0. The van der Waals surface area contributed by atoms with Crippen LogP contribution in [-0.2, 0) is 4.74 Å². The molecule has 2 aromatic carbocycles. The average molecular weight is 456 g/mol. The number of methoxy groups -OCH3 is 1. The maximum atomic E-state index is 13.8. The van der Waals surface area contributed by atoms with Gasteiger partial charge in [-0.1, -0.05) is 6.07 Å². The minimum Gasteiger partial charge on any atom is -0.497 e. The number of hydrogen-bond donors (Lipinski definition) is 0. The van der Waals surface area contributed by atoms with Crippen LogP contribution in [0.5, 0.6) is 5.75 Å². The van der Waals surface area contributed by atoms with Crippen LogP contribution in [0.1, 0.15) is 16.8 Å². The summed E-state index contributed by atoms with van der Waals surface area (Å²) in [6, 6.07) is 13.4. The Kier molecular flexibility index (Phi) is 7.47. The first-order valence-electron chi connectivity index (χ1n) is 10.6. The highest BCUT2D eigenvalue weighted by atomic mass is 32.1. The fourth-order valence-corrected chi connectivity index (χ4v) is 4.48. The first kappa shape index (κ1) is 22.4. The van der Waals surface area contributed by atoms with E-state index in [0.29, 0.717) is 17.2 Å². The molecule has 0 radical (unpaired) electrons. The molecule has 8 heteroatoms. The number of morpholine rings is 1. The molecular formula is C24H26FN3O3S. The Morgan fingerprint density at radius 1 is 1.22 bits per heavy atom. The topological polar surface area (TPSA) is 54.9 Å². The zero-order valence-electron chi connectivity index (χ0n) is 18.0. The Morgan fingerprint density at radius 2 is 2.00 bits per heavy atom. The van der Waals surface area contributed by atoms with Gasteiger partial charge in [0.05, 0.1) is 26.0 Å². The molecule has 1 aliphatic heterocycles. The predicted molar refractivity (Wildman–Crippen MR) is 124 cm³/mol. The van der Waals surface area contributed by atoms with E-state index in [2.05, 4.69) is 4.90 Å². The quantitative estimate of drug-likeness (QED) is 0.506. The summed E-state index contributed by atoms with van der Waals surface area (Å²) in [6.07, 6.45) is 0.790. The van der Waals surface area contributed by atoms with Crippen molar-refractivity contribution in [1.29, 1.82) is 0 Å². The van der Waals surface area contributed by atoms with Crippen LogP contribution in [0.3, 0.4) is 0 Å². The molecule has 2 heterocycles. The summed E-state index contributed by atoms with van der Waals surface area (Å²) in [5.74, 6) is 0.0968. The van der Waals surface area contributed by atoms with Crippen LogP contribution >= 0.6 is 11.3 Å². The Hall–Kier alpha value is -2.81. The van der Waals surface area contributed by atoms with Gasteiger partial charge >= 0.3 is 0 Å². The fraction of sp³-hybridized carbons (Fsp3) is 0.333. The molecule has 1 aliphatic rings. The van der Waals surface area contributed by atoms with E-state index in [-0.39, 0.29) is 5.91 Å². The summed E-state index contributed by atoms with van der Waals surface area (Å²) < 4.78 is 24.4. The van der Waals surface area contributed by atoms with Gasteiger partial charge in [-0.15, -0.1) is 11.3 Å². The Morgan fingerprint density at radius 3 is 2.72 bits per heavy atom. The standard InChI is InChI=1S/C24H26FN3O3S/c1-30-21-8-6-18(7-9-21)22-17-32-24(26-22)28(11-3-10-27-12-14-31-15-13-27)23(29)19-4-2-5-20(25)16-19/h2,4-9,16-17H,3,10-15H2,1H3. The van der Waals surface area contributed by atoms with Gasteiger partial charge in [0.2, 0.25) is 0 Å². The molecule has 168 valence electrons. The highest BCUT2D eigenvalue weighted by Crippen LogP contribution is 2.29. The van der Waals surface area contributed by atoms with Gasteiger partial charge in [-0.05, 0) is 48.9 Å². The van der Waals surface area contributed by atoms with E-state index in [9.17, 15) is 9.18 Å². The highest BCUT2D eigenvalue weighted by Gasteiger charge is 2.22. The molecule has 0 saturated carbocycles. The number of carbonyl (C=O) groups excluding carboxylic acids is 1. The average Bonchev–Trinajstić information content (AvgIpc) is 3.32. The SMILES string of the molecule is COc1ccc(-c2csc(N(CCCN3CCOCC3)C(=O)c3cccc(F)c3)n2)cc1. The summed E-state index contributed by atoms with van der Waals surface area (Å²) in [5, 5.41) is 2.54. The number of thiazole rings is 1. The zero-order chi connectivity index (χ0) is 22.3. The molecule has 1 fully saturated rings. The van der Waals surface area contributed by atoms with E-state index in [1.54, 1.807) is 24.1 Å². The van der Waals surface area contributed by atoms with Gasteiger partial charge in [-0.2, -0.15) is 0 Å². The van der Waals surface area contributed by atoms with Crippen molar-refractivity contribution >= 4 is 22.4 Å². The summed E-state index contributed by atoms with van der Waals surface area (Å²) in [6.45, 7) is 4.65.